The number of nitrogens with zero attached hydrogens (tertiary/aromatic N) is 1. The number of nitrogens with one attached hydrogen (secondary N) is 6. The molecule has 1 aromatic heterocycles. The Kier molecular flexibility index (Phi) is 16.0. The van der Waals surface area contributed by atoms with Crippen molar-refractivity contribution in [3.05, 3.63) is 132 Å². The molecule has 14 heteroatoms. The fourth-order valence-corrected chi connectivity index (χ4v) is 6.54. The van der Waals surface area contributed by atoms with Gasteiger partial charge in [0.2, 0.25) is 17.7 Å². The van der Waals surface area contributed by atoms with Crippen LogP contribution in [0.4, 0.5) is 4.79 Å². The van der Waals surface area contributed by atoms with Crippen molar-refractivity contribution in [3.8, 4) is 5.75 Å². The minimum Gasteiger partial charge on any atom is -0.497 e. The number of aromatic amines is 1. The average molecular weight is 806 g/mol. The van der Waals surface area contributed by atoms with Gasteiger partial charge < -0.3 is 40.8 Å². The third kappa shape index (κ3) is 12.9. The van der Waals surface area contributed by atoms with Gasteiger partial charge in [0, 0.05) is 6.54 Å². The molecule has 0 spiro atoms. The number of amides is 4. The Labute approximate surface area is 344 Å². The number of benzene rings is 4. The van der Waals surface area contributed by atoms with E-state index in [0.29, 0.717) is 11.6 Å². The van der Waals surface area contributed by atoms with Gasteiger partial charge in [-0.1, -0.05) is 113 Å². The molecule has 5 aromatic rings. The first-order valence-corrected chi connectivity index (χ1v) is 19.8. The number of carbonyl (C=O) groups excluding carboxylic acids is 4. The van der Waals surface area contributed by atoms with Gasteiger partial charge in [-0.3, -0.25) is 19.7 Å². The van der Waals surface area contributed by atoms with Crippen molar-refractivity contribution in [2.45, 2.75) is 84.1 Å². The van der Waals surface area contributed by atoms with Gasteiger partial charge in [0.25, 0.3) is 0 Å². The fourth-order valence-electron chi connectivity index (χ4n) is 6.54. The van der Waals surface area contributed by atoms with Gasteiger partial charge >= 0.3 is 6.09 Å². The van der Waals surface area contributed by atoms with Crippen molar-refractivity contribution in [1.82, 2.24) is 36.6 Å². The molecule has 312 valence electrons. The number of methoxy groups -OCH3 is 1. The molecule has 5 atom stereocenters. The van der Waals surface area contributed by atoms with E-state index in [-0.39, 0.29) is 38.0 Å². The summed E-state index contributed by atoms with van der Waals surface area (Å²) in [6, 6.07) is 28.8. The Morgan fingerprint density at radius 2 is 1.25 bits per heavy atom. The number of rotatable bonds is 20. The van der Waals surface area contributed by atoms with E-state index in [9.17, 15) is 24.3 Å². The van der Waals surface area contributed by atoms with E-state index in [1.54, 1.807) is 33.1 Å². The highest BCUT2D eigenvalue weighted by Crippen LogP contribution is 2.16. The molecule has 14 nitrogen and oxygen atoms in total. The van der Waals surface area contributed by atoms with Gasteiger partial charge in [0.05, 0.1) is 36.8 Å². The van der Waals surface area contributed by atoms with E-state index in [0.717, 1.165) is 27.7 Å². The maximum atomic E-state index is 14.4. The Hall–Kier alpha value is -6.25. The van der Waals surface area contributed by atoms with Crippen molar-refractivity contribution in [2.75, 3.05) is 7.11 Å². The van der Waals surface area contributed by atoms with Gasteiger partial charge in [-0.15, -0.1) is 0 Å². The second-order valence-electron chi connectivity index (χ2n) is 15.1. The molecule has 0 unspecified atom stereocenters. The minimum absolute atomic E-state index is 0.0143. The first-order valence-electron chi connectivity index (χ1n) is 19.8. The van der Waals surface area contributed by atoms with Crippen LogP contribution in [0.1, 0.15) is 50.2 Å². The van der Waals surface area contributed by atoms with Crippen LogP contribution < -0.4 is 31.3 Å². The fraction of sp³-hybridized carbons (Fsp3) is 0.356. The third-order valence-corrected chi connectivity index (χ3v) is 9.90. The normalized spacial score (nSPS) is 13.8. The van der Waals surface area contributed by atoms with E-state index in [1.165, 1.54) is 0 Å². The lowest BCUT2D eigenvalue weighted by Crippen LogP contribution is -2.63. The zero-order valence-electron chi connectivity index (χ0n) is 34.1. The number of hydrogen-bond acceptors (Lipinski definition) is 9. The number of para-hydroxylation sites is 2. The molecule has 4 aromatic carbocycles. The predicted molar refractivity (Wildman–Crippen MR) is 225 cm³/mol. The van der Waals surface area contributed by atoms with Crippen LogP contribution in [0.3, 0.4) is 0 Å². The second kappa shape index (κ2) is 21.5. The quantitative estimate of drug-likeness (QED) is 0.0592. The van der Waals surface area contributed by atoms with Gasteiger partial charge in [0.1, 0.15) is 36.3 Å². The molecule has 4 amide bonds. The average Bonchev–Trinajstić information content (AvgIpc) is 3.67. The van der Waals surface area contributed by atoms with Gasteiger partial charge in [-0.25, -0.2) is 9.78 Å². The molecule has 0 radical (unpaired) electrons. The summed E-state index contributed by atoms with van der Waals surface area (Å²) in [5.74, 6) is -1.16. The van der Waals surface area contributed by atoms with Crippen LogP contribution in [0, 0.1) is 11.8 Å². The molecule has 1 heterocycles. The zero-order valence-corrected chi connectivity index (χ0v) is 34.1. The summed E-state index contributed by atoms with van der Waals surface area (Å²) in [6.45, 7) is 7.45. The van der Waals surface area contributed by atoms with Crippen molar-refractivity contribution < 1.29 is 33.8 Å². The number of H-pyrrole nitrogens is 1. The summed E-state index contributed by atoms with van der Waals surface area (Å²) in [4.78, 5) is 62.7. The van der Waals surface area contributed by atoms with Gasteiger partial charge in [0.15, 0.2) is 0 Å². The monoisotopic (exact) mass is 805 g/mol. The Morgan fingerprint density at radius 3 is 1.88 bits per heavy atom. The number of aliphatic hydroxyl groups excluding tert-OH is 1. The molecule has 0 aliphatic heterocycles. The SMILES string of the molecule is COc1ccc(CN[C@@H](C(=O)N[C@H](C(=O)NCc2nc3ccccc3[nH]2)C(C)C)[C@H](O)[C@H](Cc2ccccc2)NC(=O)[C@@H](NC(=O)OCc2ccccc2)C(C)C)cc1. The first kappa shape index (κ1) is 43.9. The van der Waals surface area contributed by atoms with Crippen LogP contribution in [-0.4, -0.2) is 76.3 Å². The molecule has 7 N–H and O–H groups in total. The lowest BCUT2D eigenvalue weighted by molar-refractivity contribution is -0.134. The first-order chi connectivity index (χ1) is 28.4. The van der Waals surface area contributed by atoms with E-state index in [2.05, 4.69) is 36.6 Å². The summed E-state index contributed by atoms with van der Waals surface area (Å²) in [5, 5.41) is 26.8. The smallest absolute Gasteiger partial charge is 0.408 e. The Balaban J connectivity index is 1.37. The predicted octanol–water partition coefficient (Wildman–Crippen LogP) is 4.53. The molecule has 0 saturated carbocycles. The van der Waals surface area contributed by atoms with Gasteiger partial charge in [-0.2, -0.15) is 0 Å². The third-order valence-electron chi connectivity index (χ3n) is 9.90. The molecule has 0 aliphatic rings. The van der Waals surface area contributed by atoms with Crippen LogP contribution in [0.2, 0.25) is 0 Å². The molecular formula is C45H55N7O7. The highest BCUT2D eigenvalue weighted by molar-refractivity contribution is 5.91. The van der Waals surface area contributed by atoms with Crippen molar-refractivity contribution in [1.29, 1.82) is 0 Å². The summed E-state index contributed by atoms with van der Waals surface area (Å²) < 4.78 is 10.7. The van der Waals surface area contributed by atoms with E-state index in [1.807, 2.05) is 111 Å². The highest BCUT2D eigenvalue weighted by atomic mass is 16.5. The number of aliphatic hydroxyl groups is 1. The molecule has 0 saturated heterocycles. The lowest BCUT2D eigenvalue weighted by atomic mass is 9.93. The van der Waals surface area contributed by atoms with Crippen LogP contribution in [-0.2, 0) is 45.2 Å². The Morgan fingerprint density at radius 1 is 0.661 bits per heavy atom. The van der Waals surface area contributed by atoms with Crippen LogP contribution >= 0.6 is 0 Å². The number of ether oxygens (including phenoxy) is 2. The maximum absolute atomic E-state index is 14.4. The Bertz CT molecular complexity index is 2080. The number of hydrogen-bond donors (Lipinski definition) is 7. The molecule has 59 heavy (non-hydrogen) atoms. The molecule has 5 rings (SSSR count). The van der Waals surface area contributed by atoms with Crippen molar-refractivity contribution in [2.24, 2.45) is 11.8 Å². The summed E-state index contributed by atoms with van der Waals surface area (Å²) in [7, 11) is 1.57. The largest absolute Gasteiger partial charge is 0.497 e. The standard InChI is InChI=1S/C45H55N7O7/c1-28(2)38(42(54)47-26-37-48-34-18-12-13-19-35(34)49-37)51-44(56)40(46-25-31-20-22-33(58-5)23-21-31)41(53)36(24-30-14-8-6-9-15-30)50-43(55)39(29(3)4)52-45(57)59-27-32-16-10-7-11-17-32/h6-23,28-29,36,38-41,46,53H,24-27H2,1-5H3,(H,47,54)(H,48,49)(H,50,55)(H,51,56)(H,52,57)/t36-,38-,39-,40+,41+/m0/s1. The van der Waals surface area contributed by atoms with Crippen LogP contribution in [0.5, 0.6) is 5.75 Å². The minimum atomic E-state index is -1.53. The van der Waals surface area contributed by atoms with Crippen molar-refractivity contribution in [3.63, 3.8) is 0 Å². The summed E-state index contributed by atoms with van der Waals surface area (Å²) in [5.41, 5.74) is 3.96. The number of imidazole rings is 1. The van der Waals surface area contributed by atoms with E-state index >= 15 is 0 Å². The molecule has 0 bridgehead atoms. The molecular weight excluding hydrogens is 751 g/mol. The van der Waals surface area contributed by atoms with E-state index < -0.39 is 54.1 Å². The second-order valence-corrected chi connectivity index (χ2v) is 15.1. The number of fused-ring (bicyclic) bond motifs is 1. The number of aromatic nitrogens is 2. The van der Waals surface area contributed by atoms with E-state index in [4.69, 9.17) is 9.47 Å². The maximum Gasteiger partial charge on any atom is 0.408 e. The summed E-state index contributed by atoms with van der Waals surface area (Å²) >= 11 is 0. The highest BCUT2D eigenvalue weighted by Gasteiger charge is 2.38. The van der Waals surface area contributed by atoms with Gasteiger partial charge in [-0.05, 0) is 59.2 Å². The molecule has 0 fully saturated rings. The lowest BCUT2D eigenvalue weighted by Gasteiger charge is -2.33. The van der Waals surface area contributed by atoms with Crippen LogP contribution in [0.15, 0.2) is 109 Å². The zero-order chi connectivity index (χ0) is 42.3. The summed E-state index contributed by atoms with van der Waals surface area (Å²) in [6.07, 6.45) is -2.17. The topological polar surface area (TPSA) is 196 Å². The number of carbonyl (C=O) groups is 4. The van der Waals surface area contributed by atoms with Crippen molar-refractivity contribution >= 4 is 34.8 Å². The number of alkyl carbamates (subject to hydrolysis) is 1. The molecule has 0 aliphatic carbocycles. The van der Waals surface area contributed by atoms with Crippen LogP contribution in [0.25, 0.3) is 11.0 Å².